The number of rotatable bonds is 10. The van der Waals surface area contributed by atoms with Crippen LogP contribution in [0.15, 0.2) is 79.0 Å². The molecule has 0 radical (unpaired) electrons. The normalized spacial score (nSPS) is 16.1. The summed E-state index contributed by atoms with van der Waals surface area (Å²) < 4.78 is 14.1. The van der Waals surface area contributed by atoms with Gasteiger partial charge in [0, 0.05) is 41.7 Å². The van der Waals surface area contributed by atoms with Crippen LogP contribution in [0.2, 0.25) is 5.02 Å². The first kappa shape index (κ1) is 25.4. The van der Waals surface area contributed by atoms with Crippen LogP contribution in [0.3, 0.4) is 0 Å². The molecule has 4 aromatic rings. The molecule has 6 heteroatoms. The molecule has 2 heterocycles. The van der Waals surface area contributed by atoms with Crippen LogP contribution in [-0.4, -0.2) is 48.1 Å². The number of likely N-dealkylation sites (tertiary alicyclic amines) is 1. The van der Waals surface area contributed by atoms with E-state index in [-0.39, 0.29) is 11.9 Å². The third-order valence-corrected chi connectivity index (χ3v) is 7.29. The maximum absolute atomic E-state index is 13.3. The van der Waals surface area contributed by atoms with Gasteiger partial charge in [0.25, 0.3) is 0 Å². The Morgan fingerprint density at radius 3 is 2.59 bits per heavy atom. The molecule has 192 valence electrons. The quantitative estimate of drug-likeness (QED) is 0.221. The van der Waals surface area contributed by atoms with E-state index >= 15 is 0 Å². The molecular weight excluding hydrogens is 484 g/mol. The summed E-state index contributed by atoms with van der Waals surface area (Å²) in [4.78, 5) is 15.8. The van der Waals surface area contributed by atoms with Crippen LogP contribution in [0.5, 0.6) is 11.5 Å². The predicted molar refractivity (Wildman–Crippen MR) is 149 cm³/mol. The number of carbonyl (C=O) groups excluding carboxylic acids is 1. The Kier molecular flexibility index (Phi) is 8.12. The van der Waals surface area contributed by atoms with Crippen molar-refractivity contribution in [1.82, 2.24) is 9.47 Å². The van der Waals surface area contributed by atoms with Gasteiger partial charge in [-0.2, -0.15) is 0 Å². The molecule has 1 unspecified atom stereocenters. The van der Waals surface area contributed by atoms with E-state index in [0.29, 0.717) is 6.42 Å². The number of methoxy groups -OCH3 is 1. The molecule has 3 aromatic carbocycles. The maximum atomic E-state index is 13.3. The molecule has 0 saturated carbocycles. The Morgan fingerprint density at radius 1 is 1.00 bits per heavy atom. The molecule has 0 spiro atoms. The molecule has 1 saturated heterocycles. The molecule has 5 nitrogen and oxygen atoms in total. The number of ketones is 1. The largest absolute Gasteiger partial charge is 0.495 e. The average Bonchev–Trinajstić information content (AvgIpc) is 3.30. The molecular formula is C31H33ClN2O3. The summed E-state index contributed by atoms with van der Waals surface area (Å²) in [6.45, 7) is 3.79. The van der Waals surface area contributed by atoms with Crippen molar-refractivity contribution in [2.45, 2.75) is 38.3 Å². The van der Waals surface area contributed by atoms with Crippen LogP contribution in [0.4, 0.5) is 0 Å². The predicted octanol–water partition coefficient (Wildman–Crippen LogP) is 6.66. The lowest BCUT2D eigenvalue weighted by molar-refractivity contribution is 0.0871. The van der Waals surface area contributed by atoms with Gasteiger partial charge in [-0.1, -0.05) is 54.1 Å². The van der Waals surface area contributed by atoms with Crippen molar-refractivity contribution in [3.8, 4) is 11.5 Å². The molecule has 0 bridgehead atoms. The highest BCUT2D eigenvalue weighted by atomic mass is 35.5. The fourth-order valence-electron chi connectivity index (χ4n) is 5.25. The first-order chi connectivity index (χ1) is 18.1. The Hall–Kier alpha value is -3.28. The fourth-order valence-corrected chi connectivity index (χ4v) is 5.37. The number of hydrogen-bond acceptors (Lipinski definition) is 4. The van der Waals surface area contributed by atoms with Crippen molar-refractivity contribution in [2.75, 3.05) is 26.7 Å². The summed E-state index contributed by atoms with van der Waals surface area (Å²) in [5.41, 5.74) is 2.77. The lowest BCUT2D eigenvalue weighted by Crippen LogP contribution is -2.41. The van der Waals surface area contributed by atoms with Crippen molar-refractivity contribution >= 4 is 28.3 Å². The van der Waals surface area contributed by atoms with Gasteiger partial charge in [0.05, 0.1) is 12.6 Å². The SMILES string of the molecule is COc1cccc2c(C(=O)Cc3ccccc3)cn(CCCN3CCCC(Oc4ccc(Cl)cc4)C3)c12. The third kappa shape index (κ3) is 6.17. The van der Waals surface area contributed by atoms with E-state index < -0.39 is 0 Å². The zero-order valence-electron chi connectivity index (χ0n) is 21.2. The number of hydrogen-bond donors (Lipinski definition) is 0. The van der Waals surface area contributed by atoms with E-state index in [1.165, 1.54) is 0 Å². The lowest BCUT2D eigenvalue weighted by Gasteiger charge is -2.33. The summed E-state index contributed by atoms with van der Waals surface area (Å²) in [6, 6.07) is 23.5. The van der Waals surface area contributed by atoms with E-state index in [0.717, 1.165) is 84.0 Å². The fraction of sp³-hybridized carbons (Fsp3) is 0.323. The zero-order chi connectivity index (χ0) is 25.6. The summed E-state index contributed by atoms with van der Waals surface area (Å²) >= 11 is 6.00. The Labute approximate surface area is 223 Å². The third-order valence-electron chi connectivity index (χ3n) is 7.04. The summed E-state index contributed by atoms with van der Waals surface area (Å²) in [5, 5.41) is 1.67. The second-order valence-corrected chi connectivity index (χ2v) is 10.1. The van der Waals surface area contributed by atoms with Gasteiger partial charge in [-0.05, 0) is 68.2 Å². The van der Waals surface area contributed by atoms with Gasteiger partial charge in [0.1, 0.15) is 17.6 Å². The summed E-state index contributed by atoms with van der Waals surface area (Å²) in [7, 11) is 1.69. The molecule has 0 amide bonds. The lowest BCUT2D eigenvalue weighted by atomic mass is 10.0. The van der Waals surface area contributed by atoms with Crippen molar-refractivity contribution in [3.05, 3.63) is 95.1 Å². The number of aromatic nitrogens is 1. The molecule has 5 rings (SSSR count). The van der Waals surface area contributed by atoms with E-state index in [4.69, 9.17) is 21.1 Å². The van der Waals surface area contributed by atoms with Gasteiger partial charge < -0.3 is 14.0 Å². The number of halogens is 1. The van der Waals surface area contributed by atoms with Crippen molar-refractivity contribution < 1.29 is 14.3 Å². The number of piperidine rings is 1. The van der Waals surface area contributed by atoms with Gasteiger partial charge in [0.15, 0.2) is 5.78 Å². The number of ether oxygens (including phenoxy) is 2. The van der Waals surface area contributed by atoms with Crippen molar-refractivity contribution in [1.29, 1.82) is 0 Å². The van der Waals surface area contributed by atoms with Gasteiger partial charge in [0.2, 0.25) is 0 Å². The topological polar surface area (TPSA) is 43.7 Å². The first-order valence-corrected chi connectivity index (χ1v) is 13.4. The zero-order valence-corrected chi connectivity index (χ0v) is 22.0. The van der Waals surface area contributed by atoms with Gasteiger partial charge in [-0.15, -0.1) is 0 Å². The second kappa shape index (κ2) is 11.8. The van der Waals surface area contributed by atoms with Crippen molar-refractivity contribution in [2.24, 2.45) is 0 Å². The van der Waals surface area contributed by atoms with E-state index in [1.54, 1.807) is 7.11 Å². The summed E-state index contributed by atoms with van der Waals surface area (Å²) in [6.07, 6.45) is 5.75. The maximum Gasteiger partial charge on any atom is 0.169 e. The number of carbonyl (C=O) groups is 1. The minimum absolute atomic E-state index is 0.126. The number of Topliss-reactive ketones (excluding diaryl/α,β-unsaturated/α-hetero) is 1. The number of benzene rings is 3. The van der Waals surface area contributed by atoms with Crippen molar-refractivity contribution in [3.63, 3.8) is 0 Å². The highest BCUT2D eigenvalue weighted by molar-refractivity contribution is 6.30. The monoisotopic (exact) mass is 516 g/mol. The minimum Gasteiger partial charge on any atom is -0.495 e. The van der Waals surface area contributed by atoms with E-state index in [1.807, 2.05) is 79.0 Å². The van der Waals surface area contributed by atoms with Gasteiger partial charge in [-0.3, -0.25) is 9.69 Å². The average molecular weight is 517 g/mol. The molecule has 0 aliphatic carbocycles. The number of nitrogens with zero attached hydrogens (tertiary/aromatic N) is 2. The van der Waals surface area contributed by atoms with Crippen LogP contribution in [0.25, 0.3) is 10.9 Å². The smallest absolute Gasteiger partial charge is 0.169 e. The standard InChI is InChI=1S/C31H33ClN2O3/c1-36-30-12-5-11-27-28(29(35)20-23-8-3-2-4-9-23)22-34(31(27)30)19-7-18-33-17-6-10-26(21-33)37-25-15-13-24(32)14-16-25/h2-5,8-9,11-16,22,26H,6-7,10,17-21H2,1H3. The second-order valence-electron chi connectivity index (χ2n) is 9.67. The van der Waals surface area contributed by atoms with Crippen LogP contribution >= 0.6 is 11.6 Å². The van der Waals surface area contributed by atoms with Crippen LogP contribution in [0.1, 0.15) is 35.2 Å². The Morgan fingerprint density at radius 2 is 1.81 bits per heavy atom. The van der Waals surface area contributed by atoms with Gasteiger partial charge >= 0.3 is 0 Å². The molecule has 1 aliphatic heterocycles. The molecule has 0 N–H and O–H groups in total. The molecule has 1 fully saturated rings. The van der Waals surface area contributed by atoms with Crippen LogP contribution in [0, 0.1) is 0 Å². The van der Waals surface area contributed by atoms with Gasteiger partial charge in [-0.25, -0.2) is 0 Å². The molecule has 1 aromatic heterocycles. The molecule has 37 heavy (non-hydrogen) atoms. The Bertz CT molecular complexity index is 1330. The number of fused-ring (bicyclic) bond motifs is 1. The first-order valence-electron chi connectivity index (χ1n) is 13.0. The molecule has 1 aliphatic rings. The minimum atomic E-state index is 0.126. The highest BCUT2D eigenvalue weighted by Crippen LogP contribution is 2.31. The number of aryl methyl sites for hydroxylation is 1. The van der Waals surface area contributed by atoms with E-state index in [2.05, 4.69) is 9.47 Å². The van der Waals surface area contributed by atoms with Crippen LogP contribution in [-0.2, 0) is 13.0 Å². The highest BCUT2D eigenvalue weighted by Gasteiger charge is 2.22. The Balaban J connectivity index is 1.25. The summed E-state index contributed by atoms with van der Waals surface area (Å²) in [5.74, 6) is 1.79. The van der Waals surface area contributed by atoms with E-state index in [9.17, 15) is 4.79 Å². The number of para-hydroxylation sites is 1. The molecule has 1 atom stereocenters. The van der Waals surface area contributed by atoms with Crippen LogP contribution < -0.4 is 9.47 Å².